The maximum atomic E-state index is 5.37. The summed E-state index contributed by atoms with van der Waals surface area (Å²) < 4.78 is 5.37. The molecule has 1 nitrogen and oxygen atoms in total. The molecule has 2 aromatic carbocycles. The molecule has 0 radical (unpaired) electrons. The molecule has 0 aliphatic heterocycles. The second kappa shape index (κ2) is 4.37. The van der Waals surface area contributed by atoms with Gasteiger partial charge in [0.1, 0.15) is 5.75 Å². The minimum atomic E-state index is 0.977. The van der Waals surface area contributed by atoms with Crippen LogP contribution < -0.4 is 4.74 Å². The number of hydrogen-bond donors (Lipinski definition) is 0. The van der Waals surface area contributed by atoms with Gasteiger partial charge in [0, 0.05) is 0 Å². The van der Waals surface area contributed by atoms with E-state index in [1.54, 1.807) is 23.8 Å². The summed E-state index contributed by atoms with van der Waals surface area (Å²) in [6, 6.07) is 8.97. The predicted molar refractivity (Wildman–Crippen MR) is 82.6 cm³/mol. The van der Waals surface area contributed by atoms with Gasteiger partial charge in [-0.2, -0.15) is 0 Å². The number of hydrogen-bond acceptors (Lipinski definition) is 1. The first-order valence-corrected chi connectivity index (χ1v) is 7.59. The third-order valence-corrected chi connectivity index (χ3v) is 4.99. The van der Waals surface area contributed by atoms with Crippen molar-refractivity contribution in [2.45, 2.75) is 39.0 Å². The van der Waals surface area contributed by atoms with E-state index in [4.69, 9.17) is 4.74 Å². The Balaban J connectivity index is 1.95. The third kappa shape index (κ3) is 1.62. The molecule has 0 spiro atoms. The van der Waals surface area contributed by atoms with Gasteiger partial charge in [-0.1, -0.05) is 12.1 Å². The van der Waals surface area contributed by atoms with Gasteiger partial charge in [-0.15, -0.1) is 0 Å². The maximum Gasteiger partial charge on any atom is 0.119 e. The smallest absolute Gasteiger partial charge is 0.119 e. The van der Waals surface area contributed by atoms with Crippen molar-refractivity contribution in [1.82, 2.24) is 0 Å². The minimum absolute atomic E-state index is 0.977. The Morgan fingerprint density at radius 1 is 0.850 bits per heavy atom. The lowest BCUT2D eigenvalue weighted by atomic mass is 9.81. The van der Waals surface area contributed by atoms with Gasteiger partial charge in [0.05, 0.1) is 7.11 Å². The van der Waals surface area contributed by atoms with E-state index < -0.39 is 0 Å². The molecular weight excluding hydrogens is 244 g/mol. The summed E-state index contributed by atoms with van der Waals surface area (Å²) in [6.45, 7) is 2.28. The van der Waals surface area contributed by atoms with Gasteiger partial charge in [-0.3, -0.25) is 0 Å². The molecule has 0 saturated carbocycles. The first-order chi connectivity index (χ1) is 9.78. The van der Waals surface area contributed by atoms with Crippen molar-refractivity contribution in [3.8, 4) is 16.9 Å². The summed E-state index contributed by atoms with van der Waals surface area (Å²) in [5, 5.41) is 0. The van der Waals surface area contributed by atoms with E-state index in [2.05, 4.69) is 31.2 Å². The summed E-state index contributed by atoms with van der Waals surface area (Å²) in [7, 11) is 1.75. The van der Waals surface area contributed by atoms with E-state index >= 15 is 0 Å². The van der Waals surface area contributed by atoms with E-state index in [9.17, 15) is 0 Å². The van der Waals surface area contributed by atoms with E-state index in [0.717, 1.165) is 12.2 Å². The highest BCUT2D eigenvalue weighted by Gasteiger charge is 2.24. The normalized spacial score (nSPS) is 15.5. The molecule has 2 aliphatic carbocycles. The minimum Gasteiger partial charge on any atom is -0.497 e. The number of ether oxygens (including phenoxy) is 1. The third-order valence-electron chi connectivity index (χ3n) is 4.99. The fraction of sp³-hybridized carbons (Fsp3) is 0.368. The van der Waals surface area contributed by atoms with Crippen LogP contribution in [0.2, 0.25) is 0 Å². The first-order valence-electron chi connectivity index (χ1n) is 7.59. The van der Waals surface area contributed by atoms with Crippen LogP contribution in [-0.4, -0.2) is 7.11 Å². The van der Waals surface area contributed by atoms with Crippen LogP contribution in [0, 0.1) is 6.92 Å². The second-order valence-corrected chi connectivity index (χ2v) is 6.05. The van der Waals surface area contributed by atoms with Gasteiger partial charge in [-0.25, -0.2) is 0 Å². The zero-order valence-corrected chi connectivity index (χ0v) is 12.3. The highest BCUT2D eigenvalue weighted by Crippen LogP contribution is 2.41. The van der Waals surface area contributed by atoms with Crippen LogP contribution in [0.15, 0.2) is 24.3 Å². The van der Waals surface area contributed by atoms with Crippen molar-refractivity contribution < 1.29 is 4.74 Å². The molecule has 0 unspecified atom stereocenters. The molecule has 102 valence electrons. The van der Waals surface area contributed by atoms with E-state index in [1.807, 2.05) is 0 Å². The lowest BCUT2D eigenvalue weighted by molar-refractivity contribution is 0.414. The number of aryl methyl sites for hydroxylation is 2. The highest BCUT2D eigenvalue weighted by molar-refractivity contribution is 5.77. The Morgan fingerprint density at radius 3 is 2.55 bits per heavy atom. The van der Waals surface area contributed by atoms with Gasteiger partial charge in [0.2, 0.25) is 0 Å². The van der Waals surface area contributed by atoms with Crippen molar-refractivity contribution in [2.24, 2.45) is 0 Å². The summed E-state index contributed by atoms with van der Waals surface area (Å²) >= 11 is 0. The van der Waals surface area contributed by atoms with Crippen LogP contribution in [0.4, 0.5) is 0 Å². The van der Waals surface area contributed by atoms with Gasteiger partial charge in [0.25, 0.3) is 0 Å². The van der Waals surface area contributed by atoms with Crippen molar-refractivity contribution in [3.63, 3.8) is 0 Å². The van der Waals surface area contributed by atoms with Gasteiger partial charge >= 0.3 is 0 Å². The van der Waals surface area contributed by atoms with Crippen LogP contribution in [0.3, 0.4) is 0 Å². The number of fused-ring (bicyclic) bond motifs is 5. The quantitative estimate of drug-likeness (QED) is 0.748. The summed E-state index contributed by atoms with van der Waals surface area (Å²) in [5.74, 6) is 0.977. The summed E-state index contributed by atoms with van der Waals surface area (Å²) in [6.07, 6.45) is 6.24. The Kier molecular flexibility index (Phi) is 2.63. The number of methoxy groups -OCH3 is 1. The lowest BCUT2D eigenvalue weighted by Crippen LogP contribution is -2.08. The molecule has 2 aliphatic rings. The largest absolute Gasteiger partial charge is 0.497 e. The van der Waals surface area contributed by atoms with Crippen LogP contribution in [0.25, 0.3) is 11.1 Å². The molecule has 20 heavy (non-hydrogen) atoms. The monoisotopic (exact) mass is 264 g/mol. The fourth-order valence-corrected chi connectivity index (χ4v) is 4.02. The van der Waals surface area contributed by atoms with Crippen molar-refractivity contribution in [3.05, 3.63) is 52.1 Å². The first kappa shape index (κ1) is 12.0. The zero-order valence-electron chi connectivity index (χ0n) is 12.3. The van der Waals surface area contributed by atoms with Crippen LogP contribution in [0.1, 0.15) is 34.2 Å². The Hall–Kier alpha value is -1.76. The summed E-state index contributed by atoms with van der Waals surface area (Å²) in [5.41, 5.74) is 10.8. The SMILES string of the molecule is COc1ccc2c(c1)CCc1c-2cc(C)c2c1CCC2. The molecule has 1 heteroatoms. The molecule has 4 rings (SSSR count). The molecule has 0 aromatic heterocycles. The molecular formula is C19H20O. The molecule has 0 bridgehead atoms. The van der Waals surface area contributed by atoms with Gasteiger partial charge in [0.15, 0.2) is 0 Å². The van der Waals surface area contributed by atoms with Crippen LogP contribution in [-0.2, 0) is 25.7 Å². The lowest BCUT2D eigenvalue weighted by Gasteiger charge is -2.24. The maximum absolute atomic E-state index is 5.37. The molecule has 0 N–H and O–H groups in total. The van der Waals surface area contributed by atoms with Gasteiger partial charge in [-0.05, 0) is 90.1 Å². The van der Waals surface area contributed by atoms with E-state index in [0.29, 0.717) is 0 Å². The van der Waals surface area contributed by atoms with Crippen molar-refractivity contribution in [1.29, 1.82) is 0 Å². The van der Waals surface area contributed by atoms with Crippen molar-refractivity contribution in [2.75, 3.05) is 7.11 Å². The Bertz CT molecular complexity index is 697. The molecule has 0 amide bonds. The predicted octanol–water partition coefficient (Wildman–Crippen LogP) is 4.26. The summed E-state index contributed by atoms with van der Waals surface area (Å²) in [4.78, 5) is 0. The standard InChI is InChI=1S/C19H20O/c1-12-10-19-16-9-7-14(20-2)11-13(16)6-8-18(19)17-5-3-4-15(12)17/h7,9-11H,3-6,8H2,1-2H3. The Labute approximate surface area is 120 Å². The van der Waals surface area contributed by atoms with E-state index in [1.165, 1.54) is 47.9 Å². The van der Waals surface area contributed by atoms with Crippen LogP contribution in [0.5, 0.6) is 5.75 Å². The topological polar surface area (TPSA) is 9.23 Å². The molecule has 0 saturated heterocycles. The number of rotatable bonds is 1. The van der Waals surface area contributed by atoms with E-state index in [-0.39, 0.29) is 0 Å². The molecule has 0 atom stereocenters. The average molecular weight is 264 g/mol. The fourth-order valence-electron chi connectivity index (χ4n) is 4.02. The molecule has 0 fully saturated rings. The second-order valence-electron chi connectivity index (χ2n) is 6.05. The average Bonchev–Trinajstić information content (AvgIpc) is 2.97. The molecule has 0 heterocycles. The number of benzene rings is 2. The Morgan fingerprint density at radius 2 is 1.70 bits per heavy atom. The van der Waals surface area contributed by atoms with Gasteiger partial charge < -0.3 is 4.74 Å². The molecule has 2 aromatic rings. The zero-order chi connectivity index (χ0) is 13.7. The van der Waals surface area contributed by atoms with Crippen LogP contribution >= 0.6 is 0 Å². The van der Waals surface area contributed by atoms with Crippen molar-refractivity contribution >= 4 is 0 Å². The highest BCUT2D eigenvalue weighted by atomic mass is 16.5.